The van der Waals surface area contributed by atoms with Gasteiger partial charge in [-0.05, 0) is 12.1 Å². The van der Waals surface area contributed by atoms with Gasteiger partial charge in [0.25, 0.3) is 0 Å². The maximum absolute atomic E-state index is 13.8. The van der Waals surface area contributed by atoms with E-state index in [1.807, 2.05) is 0 Å². The summed E-state index contributed by atoms with van der Waals surface area (Å²) in [5, 5.41) is 19.2. The summed E-state index contributed by atoms with van der Waals surface area (Å²) in [6.45, 7) is -0.293. The van der Waals surface area contributed by atoms with E-state index in [4.69, 9.17) is 10.00 Å². The van der Waals surface area contributed by atoms with Gasteiger partial charge in [0.15, 0.2) is 0 Å². The van der Waals surface area contributed by atoms with E-state index in [1.165, 1.54) is 24.3 Å². The second-order valence-electron chi connectivity index (χ2n) is 4.05. The minimum atomic E-state index is -0.989. The molecule has 2 aromatic carbocycles. The van der Waals surface area contributed by atoms with Crippen molar-refractivity contribution in [3.05, 3.63) is 69.3 Å². The predicted octanol–water partition coefficient (Wildman–Crippen LogP) is 3.32. The maximum atomic E-state index is 13.8. The fourth-order valence-electron chi connectivity index (χ4n) is 1.66. The van der Waals surface area contributed by atoms with Gasteiger partial charge in [-0.15, -0.1) is 0 Å². The summed E-state index contributed by atoms with van der Waals surface area (Å²) in [6.07, 6.45) is 0. The van der Waals surface area contributed by atoms with Gasteiger partial charge in [0, 0.05) is 17.7 Å². The largest absolute Gasteiger partial charge is 0.489 e. The molecule has 0 aliphatic rings. The van der Waals surface area contributed by atoms with Crippen molar-refractivity contribution in [3.63, 3.8) is 0 Å². The summed E-state index contributed by atoms with van der Waals surface area (Å²) in [6, 6.07) is 8.95. The normalized spacial score (nSPS) is 9.95. The van der Waals surface area contributed by atoms with Gasteiger partial charge in [-0.3, -0.25) is 10.1 Å². The van der Waals surface area contributed by atoms with Gasteiger partial charge in [0.1, 0.15) is 24.2 Å². The molecule has 7 heteroatoms. The van der Waals surface area contributed by atoms with Crippen molar-refractivity contribution in [2.24, 2.45) is 0 Å². The fourth-order valence-corrected chi connectivity index (χ4v) is 1.66. The third kappa shape index (κ3) is 3.12. The highest BCUT2D eigenvalue weighted by Crippen LogP contribution is 2.22. The monoisotopic (exact) mass is 290 g/mol. The summed E-state index contributed by atoms with van der Waals surface area (Å²) < 4.78 is 32.3. The molecular formula is C14H8F2N2O3. The van der Waals surface area contributed by atoms with Crippen LogP contribution in [0.5, 0.6) is 5.75 Å². The minimum absolute atomic E-state index is 0.0195. The number of ether oxygens (including phenoxy) is 1. The van der Waals surface area contributed by atoms with E-state index in [9.17, 15) is 18.9 Å². The van der Waals surface area contributed by atoms with E-state index < -0.39 is 22.2 Å². The SMILES string of the molecule is N#Cc1ccc(OCc2cccc([N+](=O)[O-])c2F)cc1F. The molecule has 0 bridgehead atoms. The van der Waals surface area contributed by atoms with Crippen LogP contribution in [0.4, 0.5) is 14.5 Å². The van der Waals surface area contributed by atoms with Crippen molar-refractivity contribution in [2.45, 2.75) is 6.61 Å². The van der Waals surface area contributed by atoms with Crippen LogP contribution in [0, 0.1) is 33.1 Å². The molecule has 0 amide bonds. The molecule has 0 aliphatic heterocycles. The molecule has 0 N–H and O–H groups in total. The average Bonchev–Trinajstić information content (AvgIpc) is 2.46. The van der Waals surface area contributed by atoms with Crippen molar-refractivity contribution in [1.29, 1.82) is 5.26 Å². The lowest BCUT2D eigenvalue weighted by Gasteiger charge is -2.07. The first-order valence-electron chi connectivity index (χ1n) is 5.77. The van der Waals surface area contributed by atoms with Crippen LogP contribution in [0.1, 0.15) is 11.1 Å². The molecule has 106 valence electrons. The smallest absolute Gasteiger partial charge is 0.305 e. The van der Waals surface area contributed by atoms with Gasteiger partial charge < -0.3 is 4.74 Å². The molecule has 0 aromatic heterocycles. The van der Waals surface area contributed by atoms with Crippen molar-refractivity contribution in [2.75, 3.05) is 0 Å². The molecule has 0 fully saturated rings. The number of hydrogen-bond donors (Lipinski definition) is 0. The quantitative estimate of drug-likeness (QED) is 0.639. The number of benzene rings is 2. The van der Waals surface area contributed by atoms with E-state index >= 15 is 0 Å². The summed E-state index contributed by atoms with van der Waals surface area (Å²) in [5.74, 6) is -1.65. The molecule has 0 heterocycles. The van der Waals surface area contributed by atoms with Gasteiger partial charge >= 0.3 is 5.69 Å². The Balaban J connectivity index is 2.17. The highest BCUT2D eigenvalue weighted by Gasteiger charge is 2.17. The molecular weight excluding hydrogens is 282 g/mol. The van der Waals surface area contributed by atoms with Gasteiger partial charge in [0.05, 0.1) is 10.5 Å². The maximum Gasteiger partial charge on any atom is 0.305 e. The Morgan fingerprint density at radius 3 is 2.67 bits per heavy atom. The Labute approximate surface area is 118 Å². The van der Waals surface area contributed by atoms with Crippen LogP contribution in [0.25, 0.3) is 0 Å². The number of halogens is 2. The zero-order valence-corrected chi connectivity index (χ0v) is 10.5. The summed E-state index contributed by atoms with van der Waals surface area (Å²) in [5.41, 5.74) is -0.806. The van der Waals surface area contributed by atoms with Crippen LogP contribution >= 0.6 is 0 Å². The molecule has 0 spiro atoms. The number of rotatable bonds is 4. The van der Waals surface area contributed by atoms with Gasteiger partial charge in [-0.25, -0.2) is 4.39 Å². The van der Waals surface area contributed by atoms with Crippen LogP contribution in [0.3, 0.4) is 0 Å². The number of nitro benzene ring substituents is 1. The first-order valence-corrected chi connectivity index (χ1v) is 5.77. The molecule has 0 unspecified atom stereocenters. The van der Waals surface area contributed by atoms with Crippen LogP contribution in [0.2, 0.25) is 0 Å². The zero-order chi connectivity index (χ0) is 15.4. The van der Waals surface area contributed by atoms with Crippen LogP contribution in [-0.2, 0) is 6.61 Å². The van der Waals surface area contributed by atoms with Crippen LogP contribution < -0.4 is 4.74 Å². The first-order chi connectivity index (χ1) is 10.0. The standard InChI is InChI=1S/C14H8F2N2O3/c15-12-6-11(5-4-9(12)7-17)21-8-10-2-1-3-13(14(10)16)18(19)20/h1-6H,8H2. The molecule has 0 saturated heterocycles. The molecule has 21 heavy (non-hydrogen) atoms. The van der Waals surface area contributed by atoms with Crippen molar-refractivity contribution >= 4 is 5.69 Å². The lowest BCUT2D eigenvalue weighted by Crippen LogP contribution is -2.02. The molecule has 2 rings (SSSR count). The molecule has 2 aromatic rings. The lowest BCUT2D eigenvalue weighted by molar-refractivity contribution is -0.387. The second-order valence-corrected chi connectivity index (χ2v) is 4.05. The van der Waals surface area contributed by atoms with E-state index in [0.29, 0.717) is 0 Å². The topological polar surface area (TPSA) is 76.2 Å². The number of nitrogens with zero attached hydrogens (tertiary/aromatic N) is 2. The number of hydrogen-bond acceptors (Lipinski definition) is 4. The van der Waals surface area contributed by atoms with Crippen LogP contribution in [-0.4, -0.2) is 4.92 Å². The Hall–Kier alpha value is -3.01. The van der Waals surface area contributed by atoms with E-state index in [2.05, 4.69) is 0 Å². The number of nitro groups is 1. The van der Waals surface area contributed by atoms with Gasteiger partial charge in [0.2, 0.25) is 5.82 Å². The molecule has 0 saturated carbocycles. The lowest BCUT2D eigenvalue weighted by atomic mass is 10.2. The Bertz CT molecular complexity index is 741. The Morgan fingerprint density at radius 1 is 1.29 bits per heavy atom. The van der Waals surface area contributed by atoms with Crippen molar-refractivity contribution < 1.29 is 18.4 Å². The van der Waals surface area contributed by atoms with Gasteiger partial charge in [-0.2, -0.15) is 9.65 Å². The second kappa shape index (κ2) is 5.96. The first kappa shape index (κ1) is 14.4. The molecule has 0 aliphatic carbocycles. The summed E-state index contributed by atoms with van der Waals surface area (Å²) >= 11 is 0. The molecule has 0 radical (unpaired) electrons. The third-order valence-electron chi connectivity index (χ3n) is 2.71. The van der Waals surface area contributed by atoms with Crippen molar-refractivity contribution in [3.8, 4) is 11.8 Å². The fraction of sp³-hybridized carbons (Fsp3) is 0.0714. The summed E-state index contributed by atoms with van der Waals surface area (Å²) in [7, 11) is 0. The molecule has 5 nitrogen and oxygen atoms in total. The van der Waals surface area contributed by atoms with E-state index in [-0.39, 0.29) is 23.5 Å². The predicted molar refractivity (Wildman–Crippen MR) is 68.5 cm³/mol. The Kier molecular flexibility index (Phi) is 4.09. The van der Waals surface area contributed by atoms with E-state index in [1.54, 1.807) is 6.07 Å². The summed E-state index contributed by atoms with van der Waals surface area (Å²) in [4.78, 5) is 9.77. The van der Waals surface area contributed by atoms with Crippen molar-refractivity contribution in [1.82, 2.24) is 0 Å². The Morgan fingerprint density at radius 2 is 2.05 bits per heavy atom. The van der Waals surface area contributed by atoms with Crippen LogP contribution in [0.15, 0.2) is 36.4 Å². The number of nitriles is 1. The highest BCUT2D eigenvalue weighted by molar-refractivity contribution is 5.38. The van der Waals surface area contributed by atoms with Gasteiger partial charge in [-0.1, -0.05) is 12.1 Å². The third-order valence-corrected chi connectivity index (χ3v) is 2.71. The zero-order valence-electron chi connectivity index (χ0n) is 10.5. The van der Waals surface area contributed by atoms with E-state index in [0.717, 1.165) is 12.1 Å². The molecule has 0 atom stereocenters. The average molecular weight is 290 g/mol. The minimum Gasteiger partial charge on any atom is -0.489 e. The highest BCUT2D eigenvalue weighted by atomic mass is 19.1.